The number of aliphatic imine (C=N–C) groups is 1. The Morgan fingerprint density at radius 3 is 2.38 bits per heavy atom. The summed E-state index contributed by atoms with van der Waals surface area (Å²) in [5, 5.41) is 4.06. The van der Waals surface area contributed by atoms with E-state index in [2.05, 4.69) is 21.3 Å². The highest BCUT2D eigenvalue weighted by atomic mass is 19.1. The molecule has 0 atom stereocenters. The maximum absolute atomic E-state index is 13.2. The number of amidine groups is 1. The van der Waals surface area contributed by atoms with Gasteiger partial charge in [0.2, 0.25) is 0 Å². The maximum atomic E-state index is 13.2. The highest BCUT2D eigenvalue weighted by Gasteiger charge is 2.15. The van der Waals surface area contributed by atoms with E-state index in [4.69, 9.17) is 4.98 Å². The van der Waals surface area contributed by atoms with Gasteiger partial charge in [-0.3, -0.25) is 14.8 Å². The lowest BCUT2D eigenvalue weighted by atomic mass is 10.0. The fourth-order valence-corrected chi connectivity index (χ4v) is 4.27. The van der Waals surface area contributed by atoms with E-state index >= 15 is 0 Å². The number of anilines is 1. The minimum absolute atomic E-state index is 0.187. The van der Waals surface area contributed by atoms with E-state index in [1.165, 1.54) is 12.1 Å². The van der Waals surface area contributed by atoms with Crippen LogP contribution in [0.15, 0.2) is 77.9 Å². The molecular weight excluding hydrogens is 427 g/mol. The van der Waals surface area contributed by atoms with Crippen LogP contribution in [-0.2, 0) is 6.54 Å². The molecule has 0 radical (unpaired) electrons. The first-order chi connectivity index (χ1) is 16.5. The molecule has 1 aliphatic rings. The van der Waals surface area contributed by atoms with Gasteiger partial charge in [0, 0.05) is 35.9 Å². The zero-order valence-corrected chi connectivity index (χ0v) is 19.2. The number of benzene rings is 3. The molecule has 170 valence electrons. The molecule has 0 bridgehead atoms. The van der Waals surface area contributed by atoms with Gasteiger partial charge in [-0.2, -0.15) is 0 Å². The number of pyridine rings is 1. The number of carbonyl (C=O) groups excluding carboxylic acids is 1. The van der Waals surface area contributed by atoms with Crippen LogP contribution >= 0.6 is 0 Å². The van der Waals surface area contributed by atoms with Gasteiger partial charge in [0.1, 0.15) is 5.82 Å². The fourth-order valence-electron chi connectivity index (χ4n) is 4.27. The number of carbonyl (C=O) groups is 1. The van der Waals surface area contributed by atoms with Gasteiger partial charge in [-0.15, -0.1) is 0 Å². The first kappa shape index (κ1) is 21.8. The number of nitrogens with zero attached hydrogens (tertiary/aromatic N) is 3. The monoisotopic (exact) mass is 452 g/mol. The minimum atomic E-state index is -0.271. The van der Waals surface area contributed by atoms with Gasteiger partial charge < -0.3 is 10.2 Å². The van der Waals surface area contributed by atoms with Crippen molar-refractivity contribution in [1.29, 1.82) is 0 Å². The lowest BCUT2D eigenvalue weighted by Crippen LogP contribution is -2.24. The van der Waals surface area contributed by atoms with Crippen molar-refractivity contribution in [2.75, 3.05) is 18.4 Å². The SMILES string of the molecule is CC1=NCCN1Cc1cnc2c(C)c(NC(=O)c3ccc(-c4ccc(F)cc4)cc3)ccc2c1. The van der Waals surface area contributed by atoms with Gasteiger partial charge in [-0.05, 0) is 72.5 Å². The number of hydrogen-bond acceptors (Lipinski definition) is 4. The first-order valence-corrected chi connectivity index (χ1v) is 11.3. The first-order valence-electron chi connectivity index (χ1n) is 11.3. The van der Waals surface area contributed by atoms with Gasteiger partial charge in [0.25, 0.3) is 5.91 Å². The lowest BCUT2D eigenvalue weighted by molar-refractivity contribution is 0.102. The summed E-state index contributed by atoms with van der Waals surface area (Å²) in [4.78, 5) is 24.3. The Hall–Kier alpha value is -4.06. The molecule has 2 heterocycles. The number of nitrogens with one attached hydrogen (secondary N) is 1. The second-order valence-corrected chi connectivity index (χ2v) is 8.54. The summed E-state index contributed by atoms with van der Waals surface area (Å²) in [7, 11) is 0. The topological polar surface area (TPSA) is 57.6 Å². The maximum Gasteiger partial charge on any atom is 0.255 e. The zero-order chi connectivity index (χ0) is 23.7. The van der Waals surface area contributed by atoms with E-state index in [9.17, 15) is 9.18 Å². The fraction of sp³-hybridized carbons (Fsp3) is 0.179. The molecule has 6 heteroatoms. The summed E-state index contributed by atoms with van der Waals surface area (Å²) in [6, 6.07) is 19.7. The molecule has 0 saturated heterocycles. The molecule has 1 N–H and O–H groups in total. The number of aryl methyl sites for hydroxylation is 1. The summed E-state index contributed by atoms with van der Waals surface area (Å²) in [6.45, 7) is 6.60. The normalized spacial score (nSPS) is 13.3. The van der Waals surface area contributed by atoms with Gasteiger partial charge in [-0.25, -0.2) is 4.39 Å². The summed E-state index contributed by atoms with van der Waals surface area (Å²) in [5.74, 6) is 0.612. The van der Waals surface area contributed by atoms with Crippen LogP contribution in [0.3, 0.4) is 0 Å². The molecule has 0 spiro atoms. The second-order valence-electron chi connectivity index (χ2n) is 8.54. The van der Waals surface area contributed by atoms with Crippen molar-refractivity contribution in [3.8, 4) is 11.1 Å². The molecule has 34 heavy (non-hydrogen) atoms. The number of amides is 1. The number of fused-ring (bicyclic) bond motifs is 1. The Bertz CT molecular complexity index is 1390. The Balaban J connectivity index is 1.32. The van der Waals surface area contributed by atoms with Crippen molar-refractivity contribution < 1.29 is 9.18 Å². The smallest absolute Gasteiger partial charge is 0.255 e. The lowest BCUT2D eigenvalue weighted by Gasteiger charge is -2.18. The molecule has 0 aliphatic carbocycles. The highest BCUT2D eigenvalue weighted by Crippen LogP contribution is 2.26. The van der Waals surface area contributed by atoms with Gasteiger partial charge in [0.05, 0.1) is 17.9 Å². The summed E-state index contributed by atoms with van der Waals surface area (Å²) in [6.07, 6.45) is 1.90. The summed E-state index contributed by atoms with van der Waals surface area (Å²) >= 11 is 0. The van der Waals surface area contributed by atoms with Crippen molar-refractivity contribution in [1.82, 2.24) is 9.88 Å². The molecular formula is C28H25FN4O. The van der Waals surface area contributed by atoms with Crippen molar-refractivity contribution in [2.45, 2.75) is 20.4 Å². The van der Waals surface area contributed by atoms with Gasteiger partial charge >= 0.3 is 0 Å². The molecule has 1 aromatic heterocycles. The van der Waals surface area contributed by atoms with Crippen LogP contribution in [0.2, 0.25) is 0 Å². The van der Waals surface area contributed by atoms with E-state index in [0.717, 1.165) is 64.3 Å². The van der Waals surface area contributed by atoms with Gasteiger partial charge in [0.15, 0.2) is 0 Å². The molecule has 5 rings (SSSR count). The van der Waals surface area contributed by atoms with Crippen molar-refractivity contribution in [3.05, 3.63) is 95.4 Å². The standard InChI is InChI=1S/C28H25FN4O/c1-18-26(12-9-24-15-20(16-31-27(18)24)17-33-14-13-30-19(33)2)32-28(34)23-5-3-21(4-6-23)22-7-10-25(29)11-8-22/h3-12,15-16H,13-14,17H2,1-2H3,(H,32,34). The van der Waals surface area contributed by atoms with Crippen LogP contribution in [0.1, 0.15) is 28.4 Å². The Morgan fingerprint density at radius 1 is 1.00 bits per heavy atom. The third-order valence-corrected chi connectivity index (χ3v) is 6.28. The number of rotatable bonds is 5. The summed E-state index contributed by atoms with van der Waals surface area (Å²) < 4.78 is 13.2. The third-order valence-electron chi connectivity index (χ3n) is 6.28. The molecule has 1 amide bonds. The van der Waals surface area contributed by atoms with E-state index < -0.39 is 0 Å². The van der Waals surface area contributed by atoms with E-state index in [1.807, 2.05) is 44.3 Å². The largest absolute Gasteiger partial charge is 0.354 e. The Labute approximate surface area is 198 Å². The number of hydrogen-bond donors (Lipinski definition) is 1. The average Bonchev–Trinajstić information content (AvgIpc) is 3.25. The van der Waals surface area contributed by atoms with E-state index in [1.54, 1.807) is 24.3 Å². The highest BCUT2D eigenvalue weighted by molar-refractivity contribution is 6.06. The molecule has 5 nitrogen and oxygen atoms in total. The van der Waals surface area contributed by atoms with Crippen LogP contribution < -0.4 is 5.32 Å². The Morgan fingerprint density at radius 2 is 1.71 bits per heavy atom. The second kappa shape index (κ2) is 9.06. The minimum Gasteiger partial charge on any atom is -0.354 e. The van der Waals surface area contributed by atoms with E-state index in [-0.39, 0.29) is 11.7 Å². The van der Waals surface area contributed by atoms with Crippen molar-refractivity contribution in [2.24, 2.45) is 4.99 Å². The number of aromatic nitrogens is 1. The average molecular weight is 453 g/mol. The summed E-state index contributed by atoms with van der Waals surface area (Å²) in [5.41, 5.74) is 6.06. The third kappa shape index (κ3) is 4.39. The number of halogens is 1. The van der Waals surface area contributed by atoms with Crippen LogP contribution in [0, 0.1) is 12.7 Å². The van der Waals surface area contributed by atoms with Crippen molar-refractivity contribution >= 4 is 28.3 Å². The van der Waals surface area contributed by atoms with Crippen LogP contribution in [0.25, 0.3) is 22.0 Å². The molecule has 1 aliphatic heterocycles. The molecule has 4 aromatic rings. The van der Waals surface area contributed by atoms with Crippen LogP contribution in [0.5, 0.6) is 0 Å². The predicted octanol–water partition coefficient (Wildman–Crippen LogP) is 5.84. The van der Waals surface area contributed by atoms with Gasteiger partial charge in [-0.1, -0.05) is 30.3 Å². The molecule has 0 fully saturated rings. The predicted molar refractivity (Wildman–Crippen MR) is 135 cm³/mol. The van der Waals surface area contributed by atoms with Crippen molar-refractivity contribution in [3.63, 3.8) is 0 Å². The quantitative estimate of drug-likeness (QED) is 0.414. The molecule has 0 saturated carbocycles. The Kier molecular flexibility index (Phi) is 5.80. The zero-order valence-electron chi connectivity index (χ0n) is 19.2. The molecule has 0 unspecified atom stereocenters. The van der Waals surface area contributed by atoms with Crippen LogP contribution in [0.4, 0.5) is 10.1 Å². The van der Waals surface area contributed by atoms with Crippen LogP contribution in [-0.4, -0.2) is 34.7 Å². The van der Waals surface area contributed by atoms with E-state index in [0.29, 0.717) is 5.56 Å². The molecule has 3 aromatic carbocycles.